The van der Waals surface area contributed by atoms with Gasteiger partial charge in [0.1, 0.15) is 18.5 Å². The second-order valence-electron chi connectivity index (χ2n) is 11.9. The zero-order valence-corrected chi connectivity index (χ0v) is 24.7. The lowest BCUT2D eigenvalue weighted by atomic mass is 9.68. The second kappa shape index (κ2) is 12.5. The van der Waals surface area contributed by atoms with Crippen molar-refractivity contribution in [1.29, 1.82) is 0 Å². The lowest BCUT2D eigenvalue weighted by Gasteiger charge is -2.35. The van der Waals surface area contributed by atoms with Crippen LogP contribution in [0.1, 0.15) is 98.3 Å². The summed E-state index contributed by atoms with van der Waals surface area (Å²) in [6, 6.07) is 6.56. The van der Waals surface area contributed by atoms with Gasteiger partial charge in [-0.2, -0.15) is 0 Å². The topological polar surface area (TPSA) is 58.9 Å². The van der Waals surface area contributed by atoms with Gasteiger partial charge in [-0.3, -0.25) is 0 Å². The summed E-state index contributed by atoms with van der Waals surface area (Å²) in [6.45, 7) is 20.2. The van der Waals surface area contributed by atoms with Crippen molar-refractivity contribution in [2.24, 2.45) is 5.41 Å². The van der Waals surface area contributed by atoms with Crippen LogP contribution in [0.4, 0.5) is 0 Å². The summed E-state index contributed by atoms with van der Waals surface area (Å²) < 4.78 is 11.7. The molecule has 0 saturated heterocycles. The summed E-state index contributed by atoms with van der Waals surface area (Å²) in [7, 11) is 0. The van der Waals surface area contributed by atoms with E-state index in [2.05, 4.69) is 76.0 Å². The van der Waals surface area contributed by atoms with Crippen molar-refractivity contribution in [3.63, 3.8) is 0 Å². The van der Waals surface area contributed by atoms with E-state index in [9.17, 15) is 10.2 Å². The highest BCUT2D eigenvalue weighted by atomic mass is 16.6. The first-order valence-corrected chi connectivity index (χ1v) is 13.5. The van der Waals surface area contributed by atoms with Gasteiger partial charge < -0.3 is 19.7 Å². The molecular weight excluding hydrogens is 460 g/mol. The molecule has 2 unspecified atom stereocenters. The van der Waals surface area contributed by atoms with Gasteiger partial charge >= 0.3 is 0 Å². The lowest BCUT2D eigenvalue weighted by molar-refractivity contribution is -0.208. The van der Waals surface area contributed by atoms with Gasteiger partial charge in [-0.25, -0.2) is 0 Å². The maximum Gasteiger partial charge on any atom is 0.160 e. The molecule has 37 heavy (non-hydrogen) atoms. The number of allylic oxidation sites excluding steroid dienone is 5. The smallest absolute Gasteiger partial charge is 0.160 e. The Kier molecular flexibility index (Phi) is 10.4. The van der Waals surface area contributed by atoms with Gasteiger partial charge in [0.05, 0.1) is 6.10 Å². The van der Waals surface area contributed by atoms with Gasteiger partial charge in [0, 0.05) is 11.0 Å². The Balaban J connectivity index is 2.35. The molecule has 0 saturated carbocycles. The van der Waals surface area contributed by atoms with Crippen LogP contribution in [-0.2, 0) is 14.9 Å². The average Bonchev–Trinajstić information content (AvgIpc) is 2.98. The van der Waals surface area contributed by atoms with Crippen LogP contribution in [0.5, 0.6) is 0 Å². The Bertz CT molecular complexity index is 1080. The highest BCUT2D eigenvalue weighted by molar-refractivity contribution is 5.49. The summed E-state index contributed by atoms with van der Waals surface area (Å²) in [5.74, 6) is 5.86. The van der Waals surface area contributed by atoms with Crippen molar-refractivity contribution in [1.82, 2.24) is 0 Å². The van der Waals surface area contributed by atoms with Crippen LogP contribution >= 0.6 is 0 Å². The normalized spacial score (nSPS) is 16.5. The largest absolute Gasteiger partial charge is 0.491 e. The van der Waals surface area contributed by atoms with Crippen molar-refractivity contribution < 1.29 is 19.7 Å². The Morgan fingerprint density at radius 2 is 1.68 bits per heavy atom. The van der Waals surface area contributed by atoms with Crippen molar-refractivity contribution in [3.05, 3.63) is 70.0 Å². The molecule has 0 heterocycles. The molecule has 0 bridgehead atoms. The van der Waals surface area contributed by atoms with E-state index in [0.717, 1.165) is 41.7 Å². The predicted molar refractivity (Wildman–Crippen MR) is 153 cm³/mol. The Labute approximate surface area is 225 Å². The maximum atomic E-state index is 10.3. The van der Waals surface area contributed by atoms with Crippen LogP contribution in [0.2, 0.25) is 0 Å². The van der Waals surface area contributed by atoms with Crippen molar-refractivity contribution in [2.45, 2.75) is 112 Å². The molecule has 4 heteroatoms. The Morgan fingerprint density at radius 3 is 2.22 bits per heavy atom. The van der Waals surface area contributed by atoms with E-state index in [0.29, 0.717) is 6.61 Å². The molecule has 0 fully saturated rings. The predicted octanol–water partition coefficient (Wildman–Crippen LogP) is 7.12. The van der Waals surface area contributed by atoms with Crippen LogP contribution in [-0.4, -0.2) is 34.8 Å². The molecule has 1 aromatic rings. The minimum Gasteiger partial charge on any atom is -0.491 e. The number of aliphatic hydroxyl groups excluding tert-OH is 1. The summed E-state index contributed by atoms with van der Waals surface area (Å²) >= 11 is 0. The fraction of sp³-hybridized carbons (Fsp3) is 0.576. The zero-order chi connectivity index (χ0) is 28.0. The molecule has 0 aliphatic heterocycles. The van der Waals surface area contributed by atoms with Crippen molar-refractivity contribution in [3.8, 4) is 11.8 Å². The average molecular weight is 509 g/mol. The molecule has 2 N–H and O–H groups in total. The second-order valence-corrected chi connectivity index (χ2v) is 11.9. The van der Waals surface area contributed by atoms with Crippen LogP contribution in [0.15, 0.2) is 53.3 Å². The monoisotopic (exact) mass is 508 g/mol. The van der Waals surface area contributed by atoms with Crippen molar-refractivity contribution in [2.75, 3.05) is 6.61 Å². The molecule has 2 atom stereocenters. The van der Waals surface area contributed by atoms with Gasteiger partial charge in [0.25, 0.3) is 0 Å². The molecule has 1 aromatic carbocycles. The first-order chi connectivity index (χ1) is 17.1. The van der Waals surface area contributed by atoms with Crippen LogP contribution in [0.25, 0.3) is 0 Å². The lowest BCUT2D eigenvalue weighted by Crippen LogP contribution is -2.31. The van der Waals surface area contributed by atoms with Crippen molar-refractivity contribution >= 4 is 0 Å². The van der Waals surface area contributed by atoms with Gasteiger partial charge in [-0.1, -0.05) is 76.3 Å². The first-order valence-electron chi connectivity index (χ1n) is 13.5. The minimum atomic E-state index is -1.19. The van der Waals surface area contributed by atoms with Crippen LogP contribution in [0.3, 0.4) is 0 Å². The number of benzene rings is 1. The summed E-state index contributed by atoms with van der Waals surface area (Å²) in [6.07, 6.45) is 8.45. The third-order valence-corrected chi connectivity index (χ3v) is 7.18. The third kappa shape index (κ3) is 8.34. The highest BCUT2D eigenvalue weighted by Gasteiger charge is 2.33. The first kappa shape index (κ1) is 30.9. The minimum absolute atomic E-state index is 0.0955. The molecule has 0 amide bonds. The van der Waals surface area contributed by atoms with Gasteiger partial charge in [-0.15, -0.1) is 0 Å². The van der Waals surface area contributed by atoms with Crippen LogP contribution < -0.4 is 0 Å². The number of aryl methyl sites for hydroxylation is 1. The van der Waals surface area contributed by atoms with E-state index < -0.39 is 11.9 Å². The van der Waals surface area contributed by atoms with E-state index in [1.54, 1.807) is 13.8 Å². The Morgan fingerprint density at radius 1 is 1.03 bits per heavy atom. The number of ether oxygens (including phenoxy) is 2. The van der Waals surface area contributed by atoms with E-state index in [1.165, 1.54) is 11.1 Å². The van der Waals surface area contributed by atoms with Gasteiger partial charge in [0.2, 0.25) is 0 Å². The van der Waals surface area contributed by atoms with E-state index in [-0.39, 0.29) is 16.9 Å². The number of hydrogen-bond acceptors (Lipinski definition) is 4. The molecule has 0 radical (unpaired) electrons. The van der Waals surface area contributed by atoms with E-state index in [4.69, 9.17) is 9.47 Å². The highest BCUT2D eigenvalue weighted by Crippen LogP contribution is 2.42. The SMILES string of the molecule is CCC(CC)(C1=CC=C(OCC(C)OC(C)(C)O)C(C)=CC1)c1ccc(C#CC(O)C(C)(C)C)c(C)c1. The van der Waals surface area contributed by atoms with Gasteiger partial charge in [-0.05, 0) is 88.1 Å². The number of hydrogen-bond donors (Lipinski definition) is 2. The standard InChI is InChI=1S/C33H48O4/c1-11-33(12-2,28-17-14-26(24(4)21-28)15-20-30(34)31(6,7)8)27-16-13-23(3)29(19-18-27)36-22-25(5)37-32(9,10)35/h13-14,17-19,21,25,30,34-35H,11-12,16,22H2,1-10H3. The fourth-order valence-electron chi connectivity index (χ4n) is 4.75. The van der Waals surface area contributed by atoms with E-state index in [1.807, 2.05) is 27.7 Å². The Hall–Kier alpha value is -2.32. The van der Waals surface area contributed by atoms with Crippen LogP contribution in [0, 0.1) is 24.2 Å². The quantitative estimate of drug-likeness (QED) is 0.275. The molecule has 1 aliphatic rings. The molecule has 0 spiro atoms. The number of rotatable bonds is 9. The molecule has 204 valence electrons. The molecule has 2 rings (SSSR count). The molecule has 4 nitrogen and oxygen atoms in total. The third-order valence-electron chi connectivity index (χ3n) is 7.18. The molecular formula is C33H48O4. The maximum absolute atomic E-state index is 10.3. The van der Waals surface area contributed by atoms with Gasteiger partial charge in [0.15, 0.2) is 5.79 Å². The molecule has 1 aliphatic carbocycles. The molecule has 0 aromatic heterocycles. The fourth-order valence-corrected chi connectivity index (χ4v) is 4.75. The van der Waals surface area contributed by atoms with E-state index >= 15 is 0 Å². The summed E-state index contributed by atoms with van der Waals surface area (Å²) in [5.41, 5.74) is 5.46. The zero-order valence-electron chi connectivity index (χ0n) is 24.7. The number of aliphatic hydroxyl groups is 2. The summed E-state index contributed by atoms with van der Waals surface area (Å²) in [4.78, 5) is 0. The summed E-state index contributed by atoms with van der Waals surface area (Å²) in [5, 5.41) is 20.2.